The first-order chi connectivity index (χ1) is 15.6. The predicted molar refractivity (Wildman–Crippen MR) is 129 cm³/mol. The second-order valence-electron chi connectivity index (χ2n) is 7.83. The van der Waals surface area contributed by atoms with Gasteiger partial charge in [-0.3, -0.25) is 4.90 Å². The average molecular weight is 441 g/mol. The number of nitrogens with one attached hydrogen (secondary N) is 2. The molecule has 1 fully saturated rings. The Morgan fingerprint density at radius 2 is 1.81 bits per heavy atom. The second kappa shape index (κ2) is 12.3. The molecule has 0 bridgehead atoms. The summed E-state index contributed by atoms with van der Waals surface area (Å²) in [5.74, 6) is 2.53. The molecule has 0 spiro atoms. The molecule has 0 amide bonds. The molecule has 2 aromatic carbocycles. The number of methoxy groups -OCH3 is 2. The molecule has 3 rings (SSSR count). The van der Waals surface area contributed by atoms with E-state index in [0.717, 1.165) is 62.4 Å². The fourth-order valence-corrected chi connectivity index (χ4v) is 3.85. The van der Waals surface area contributed by atoms with Gasteiger partial charge in [0.05, 0.1) is 40.0 Å². The first kappa shape index (κ1) is 23.9. The molecular formula is C25H36N4O3. The number of aliphatic imine (C=N–C) groups is 1. The van der Waals surface area contributed by atoms with E-state index in [1.807, 2.05) is 18.2 Å². The van der Waals surface area contributed by atoms with Crippen molar-refractivity contribution in [3.05, 3.63) is 59.2 Å². The normalized spacial score (nSPS) is 15.8. The molecule has 1 saturated heterocycles. The van der Waals surface area contributed by atoms with Crippen molar-refractivity contribution in [1.82, 2.24) is 15.5 Å². The summed E-state index contributed by atoms with van der Waals surface area (Å²) in [7, 11) is 3.39. The van der Waals surface area contributed by atoms with Crippen LogP contribution in [0.1, 0.15) is 29.7 Å². The third kappa shape index (κ3) is 6.61. The van der Waals surface area contributed by atoms with Gasteiger partial charge in [-0.15, -0.1) is 0 Å². The largest absolute Gasteiger partial charge is 0.497 e. The summed E-state index contributed by atoms with van der Waals surface area (Å²) in [6.45, 7) is 9.55. The number of aryl methyl sites for hydroxylation is 1. The van der Waals surface area contributed by atoms with Crippen molar-refractivity contribution in [3.63, 3.8) is 0 Å². The SMILES string of the molecule is CCNC(=NCc1ccc(C)cc1OC)NCC(c1ccc(OC)cc1)N1CCOCC1. The highest BCUT2D eigenvalue weighted by molar-refractivity contribution is 5.79. The van der Waals surface area contributed by atoms with Gasteiger partial charge in [0.15, 0.2) is 5.96 Å². The number of guanidine groups is 1. The van der Waals surface area contributed by atoms with Crippen molar-refractivity contribution >= 4 is 5.96 Å². The number of hydrogen-bond acceptors (Lipinski definition) is 5. The number of ether oxygens (including phenoxy) is 3. The van der Waals surface area contributed by atoms with Gasteiger partial charge in [-0.05, 0) is 43.2 Å². The van der Waals surface area contributed by atoms with E-state index in [2.05, 4.69) is 53.6 Å². The van der Waals surface area contributed by atoms with Gasteiger partial charge < -0.3 is 24.8 Å². The van der Waals surface area contributed by atoms with Crippen molar-refractivity contribution in [3.8, 4) is 11.5 Å². The quantitative estimate of drug-likeness (QED) is 0.461. The summed E-state index contributed by atoms with van der Waals surface area (Å²) in [5.41, 5.74) is 3.49. The summed E-state index contributed by atoms with van der Waals surface area (Å²) >= 11 is 0. The Hall–Kier alpha value is -2.77. The molecule has 32 heavy (non-hydrogen) atoms. The minimum atomic E-state index is 0.211. The molecule has 1 aliphatic heterocycles. The van der Waals surface area contributed by atoms with Crippen molar-refractivity contribution in [1.29, 1.82) is 0 Å². The number of benzene rings is 2. The van der Waals surface area contributed by atoms with Crippen molar-refractivity contribution in [2.75, 3.05) is 53.6 Å². The van der Waals surface area contributed by atoms with E-state index < -0.39 is 0 Å². The molecule has 0 saturated carbocycles. The highest BCUT2D eigenvalue weighted by Crippen LogP contribution is 2.24. The topological polar surface area (TPSA) is 67.4 Å². The van der Waals surface area contributed by atoms with Gasteiger partial charge in [0.25, 0.3) is 0 Å². The molecule has 174 valence electrons. The maximum absolute atomic E-state index is 5.57. The number of rotatable bonds is 9. The number of hydrogen-bond donors (Lipinski definition) is 2. The molecule has 1 atom stereocenters. The Bertz CT molecular complexity index is 864. The Kier molecular flexibility index (Phi) is 9.19. The maximum Gasteiger partial charge on any atom is 0.191 e. The van der Waals surface area contributed by atoms with Crippen LogP contribution in [0.25, 0.3) is 0 Å². The zero-order valence-electron chi connectivity index (χ0n) is 19.7. The first-order valence-electron chi connectivity index (χ1n) is 11.3. The molecule has 0 aliphatic carbocycles. The molecule has 1 heterocycles. The third-order valence-electron chi connectivity index (χ3n) is 5.64. The van der Waals surface area contributed by atoms with Gasteiger partial charge in [-0.2, -0.15) is 0 Å². The molecule has 2 aromatic rings. The van der Waals surface area contributed by atoms with E-state index in [1.165, 1.54) is 11.1 Å². The van der Waals surface area contributed by atoms with E-state index in [9.17, 15) is 0 Å². The number of nitrogens with zero attached hydrogens (tertiary/aromatic N) is 2. The van der Waals surface area contributed by atoms with E-state index in [4.69, 9.17) is 19.2 Å². The lowest BCUT2D eigenvalue weighted by Crippen LogP contribution is -2.46. The molecule has 7 heteroatoms. The van der Waals surface area contributed by atoms with Crippen LogP contribution in [-0.4, -0.2) is 64.5 Å². The Morgan fingerprint density at radius 3 is 2.47 bits per heavy atom. The monoisotopic (exact) mass is 440 g/mol. The zero-order chi connectivity index (χ0) is 22.8. The van der Waals surface area contributed by atoms with Gasteiger partial charge in [-0.25, -0.2) is 4.99 Å². The van der Waals surface area contributed by atoms with Crippen molar-refractivity contribution in [2.45, 2.75) is 26.4 Å². The van der Waals surface area contributed by atoms with Gasteiger partial charge in [-0.1, -0.05) is 24.3 Å². The highest BCUT2D eigenvalue weighted by atomic mass is 16.5. The highest BCUT2D eigenvalue weighted by Gasteiger charge is 2.23. The summed E-state index contributed by atoms with van der Waals surface area (Å²) in [4.78, 5) is 7.27. The van der Waals surface area contributed by atoms with Crippen LogP contribution in [0.5, 0.6) is 11.5 Å². The van der Waals surface area contributed by atoms with Gasteiger partial charge >= 0.3 is 0 Å². The maximum atomic E-state index is 5.57. The van der Waals surface area contributed by atoms with E-state index in [-0.39, 0.29) is 6.04 Å². The standard InChI is InChI=1S/C25H36N4O3/c1-5-26-25(27-17-21-7-6-19(2)16-24(21)31-4)28-18-23(29-12-14-32-15-13-29)20-8-10-22(30-3)11-9-20/h6-11,16,23H,5,12-15,17-18H2,1-4H3,(H2,26,27,28). The molecule has 1 unspecified atom stereocenters. The van der Waals surface area contributed by atoms with E-state index >= 15 is 0 Å². The van der Waals surface area contributed by atoms with E-state index in [1.54, 1.807) is 14.2 Å². The van der Waals surface area contributed by atoms with Crippen LogP contribution >= 0.6 is 0 Å². The van der Waals surface area contributed by atoms with Crippen LogP contribution in [0.2, 0.25) is 0 Å². The molecule has 1 aliphatic rings. The van der Waals surface area contributed by atoms with Gasteiger partial charge in [0.2, 0.25) is 0 Å². The zero-order valence-corrected chi connectivity index (χ0v) is 19.7. The summed E-state index contributed by atoms with van der Waals surface area (Å²) in [6, 6.07) is 14.7. The van der Waals surface area contributed by atoms with Gasteiger partial charge in [0, 0.05) is 31.7 Å². The van der Waals surface area contributed by atoms with Crippen LogP contribution in [0, 0.1) is 6.92 Å². The molecule has 7 nitrogen and oxygen atoms in total. The first-order valence-corrected chi connectivity index (χ1v) is 11.3. The predicted octanol–water partition coefficient (Wildman–Crippen LogP) is 3.14. The molecule has 2 N–H and O–H groups in total. The Morgan fingerprint density at radius 1 is 1.06 bits per heavy atom. The Balaban J connectivity index is 1.74. The summed E-state index contributed by atoms with van der Waals surface area (Å²) in [6.07, 6.45) is 0. The molecule has 0 radical (unpaired) electrons. The lowest BCUT2D eigenvalue weighted by Gasteiger charge is -2.35. The molecular weight excluding hydrogens is 404 g/mol. The third-order valence-corrected chi connectivity index (χ3v) is 5.64. The second-order valence-corrected chi connectivity index (χ2v) is 7.83. The summed E-state index contributed by atoms with van der Waals surface area (Å²) < 4.78 is 16.4. The van der Waals surface area contributed by atoms with Crippen LogP contribution < -0.4 is 20.1 Å². The Labute approximate surface area is 191 Å². The number of morpholine rings is 1. The smallest absolute Gasteiger partial charge is 0.191 e. The summed E-state index contributed by atoms with van der Waals surface area (Å²) in [5, 5.41) is 6.91. The van der Waals surface area contributed by atoms with Crippen LogP contribution in [0.15, 0.2) is 47.5 Å². The van der Waals surface area contributed by atoms with Crippen molar-refractivity contribution < 1.29 is 14.2 Å². The van der Waals surface area contributed by atoms with Crippen LogP contribution in [0.4, 0.5) is 0 Å². The molecule has 0 aromatic heterocycles. The van der Waals surface area contributed by atoms with Crippen LogP contribution in [-0.2, 0) is 11.3 Å². The fourth-order valence-electron chi connectivity index (χ4n) is 3.85. The fraction of sp³-hybridized carbons (Fsp3) is 0.480. The average Bonchev–Trinajstić information content (AvgIpc) is 2.84. The lowest BCUT2D eigenvalue weighted by atomic mass is 10.0. The lowest BCUT2D eigenvalue weighted by molar-refractivity contribution is 0.0170. The van der Waals surface area contributed by atoms with Crippen LogP contribution in [0.3, 0.4) is 0 Å². The van der Waals surface area contributed by atoms with Gasteiger partial charge in [0.1, 0.15) is 11.5 Å². The van der Waals surface area contributed by atoms with E-state index in [0.29, 0.717) is 6.54 Å². The minimum absolute atomic E-state index is 0.211. The minimum Gasteiger partial charge on any atom is -0.497 e. The van der Waals surface area contributed by atoms with Crippen molar-refractivity contribution in [2.24, 2.45) is 4.99 Å².